The zero-order chi connectivity index (χ0) is 37.5. The fraction of sp³-hybridized carbons (Fsp3) is 0.250. The van der Waals surface area contributed by atoms with Crippen molar-refractivity contribution >= 4 is 79.2 Å². The van der Waals surface area contributed by atoms with Gasteiger partial charge in [-0.3, -0.25) is 14.9 Å². The van der Waals surface area contributed by atoms with Gasteiger partial charge in [0.05, 0.1) is 26.0 Å². The molecule has 1 saturated heterocycles. The second-order valence-corrected chi connectivity index (χ2v) is 16.2. The number of nitrogens with one attached hydrogen (secondary N) is 1. The molecule has 3 heterocycles. The quantitative estimate of drug-likeness (QED) is 0.0505. The molecule has 6 rings (SSSR count). The van der Waals surface area contributed by atoms with Crippen molar-refractivity contribution in [2.75, 3.05) is 13.1 Å². The summed E-state index contributed by atoms with van der Waals surface area (Å²) < 4.78 is 39.5. The predicted octanol–water partition coefficient (Wildman–Crippen LogP) is 8.85. The predicted molar refractivity (Wildman–Crippen MR) is 197 cm³/mol. The van der Waals surface area contributed by atoms with Crippen LogP contribution in [0, 0.1) is 10.1 Å². The van der Waals surface area contributed by atoms with Gasteiger partial charge in [-0.1, -0.05) is 70.3 Å². The summed E-state index contributed by atoms with van der Waals surface area (Å²) in [6, 6.07) is 13.4. The number of benzene rings is 3. The number of rotatable bonds is 9. The van der Waals surface area contributed by atoms with Crippen LogP contribution in [0.2, 0.25) is 15.1 Å². The van der Waals surface area contributed by atoms with Crippen molar-refractivity contribution in [3.05, 3.63) is 115 Å². The molecule has 5 aromatic rings. The largest absolute Gasteiger partial charge is 0.457 e. The lowest BCUT2D eigenvalue weighted by Crippen LogP contribution is -2.38. The number of fused-ring (bicyclic) bond motifs is 1. The number of nitro benzene ring substituents is 1. The number of halogens is 3. The van der Waals surface area contributed by atoms with E-state index in [4.69, 9.17) is 44.1 Å². The van der Waals surface area contributed by atoms with Gasteiger partial charge >= 0.3 is 5.97 Å². The molecule has 12 nitrogen and oxygen atoms in total. The number of aromatic nitrogens is 2. The molecule has 3 aromatic carbocycles. The number of sulfonamides is 1. The SMILES string of the molecule is CC(C)(C)OC(=O)/C=C/c1cccc2c(C(=O)c3c(-c4c(Cl)cc(Cl)cc4Cl)noc3C3CCN(S(=O)(=O)c4ccccc4[N+](=O)[O-])CC3)c[nH]c12. The average molecular weight is 786 g/mol. The van der Waals surface area contributed by atoms with Gasteiger partial charge in [0.2, 0.25) is 15.8 Å². The molecule has 270 valence electrons. The van der Waals surface area contributed by atoms with Crippen molar-refractivity contribution in [1.82, 2.24) is 14.4 Å². The summed E-state index contributed by atoms with van der Waals surface area (Å²) in [4.78, 5) is 40.7. The molecule has 1 aliphatic rings. The van der Waals surface area contributed by atoms with Crippen molar-refractivity contribution in [1.29, 1.82) is 0 Å². The Labute approximate surface area is 313 Å². The number of ketones is 1. The Bertz CT molecular complexity index is 2350. The first-order valence-electron chi connectivity index (χ1n) is 16.0. The van der Waals surface area contributed by atoms with Crippen LogP contribution in [0.4, 0.5) is 5.69 Å². The highest BCUT2D eigenvalue weighted by molar-refractivity contribution is 7.89. The fourth-order valence-corrected chi connectivity index (χ4v) is 8.82. The number of carbonyl (C=O) groups excluding carboxylic acids is 2. The third-order valence-corrected chi connectivity index (χ3v) is 11.3. The van der Waals surface area contributed by atoms with Crippen LogP contribution in [0.1, 0.15) is 66.8 Å². The molecular weight excluding hydrogens is 755 g/mol. The van der Waals surface area contributed by atoms with Crippen molar-refractivity contribution in [2.45, 2.75) is 50.0 Å². The van der Waals surface area contributed by atoms with E-state index < -0.39 is 48.8 Å². The fourth-order valence-electron chi connectivity index (χ4n) is 6.20. The molecule has 1 aliphatic heterocycles. The molecule has 0 amide bonds. The molecule has 1 N–H and O–H groups in total. The molecule has 2 aromatic heterocycles. The van der Waals surface area contributed by atoms with Gasteiger partial charge < -0.3 is 14.2 Å². The number of aromatic amines is 1. The van der Waals surface area contributed by atoms with Crippen LogP contribution < -0.4 is 0 Å². The topological polar surface area (TPSA) is 166 Å². The van der Waals surface area contributed by atoms with Crippen molar-refractivity contribution < 1.29 is 32.2 Å². The van der Waals surface area contributed by atoms with E-state index in [1.165, 1.54) is 40.7 Å². The Balaban J connectivity index is 1.38. The number of para-hydroxylation sites is 2. The molecule has 0 spiro atoms. The molecule has 0 bridgehead atoms. The number of H-pyrrole nitrogens is 1. The minimum atomic E-state index is -4.21. The van der Waals surface area contributed by atoms with Crippen LogP contribution in [0.3, 0.4) is 0 Å². The molecular formula is C36H31Cl3N4O8S. The Morgan fingerprint density at radius 3 is 2.38 bits per heavy atom. The van der Waals surface area contributed by atoms with Gasteiger partial charge in [-0.2, -0.15) is 4.31 Å². The van der Waals surface area contributed by atoms with Crippen LogP contribution in [0.5, 0.6) is 0 Å². The van der Waals surface area contributed by atoms with Crippen LogP contribution in [-0.4, -0.2) is 58.2 Å². The summed E-state index contributed by atoms with van der Waals surface area (Å²) in [6.45, 7) is 5.29. The first-order valence-corrected chi connectivity index (χ1v) is 18.6. The van der Waals surface area contributed by atoms with Gasteiger partial charge in [-0.05, 0) is 63.5 Å². The maximum Gasteiger partial charge on any atom is 0.331 e. The lowest BCUT2D eigenvalue weighted by molar-refractivity contribution is -0.387. The van der Waals surface area contributed by atoms with Gasteiger partial charge in [0.25, 0.3) is 5.69 Å². The molecule has 0 unspecified atom stereocenters. The Kier molecular flexibility index (Phi) is 10.4. The van der Waals surface area contributed by atoms with E-state index in [0.717, 1.165) is 6.07 Å². The standard InChI is InChI=1S/C36H31Cl3N4O8S/c1-36(2,3)50-29(44)12-11-20-7-6-8-23-24(19-40-32(20)23)34(45)31-33(30-25(38)17-22(37)18-26(30)39)41-51-35(31)21-13-15-42(16-14-21)52(48,49)28-10-5-4-9-27(28)43(46)47/h4-12,17-19,21,40H,13-16H2,1-3H3/b12-11+. The van der Waals surface area contributed by atoms with E-state index in [0.29, 0.717) is 16.5 Å². The van der Waals surface area contributed by atoms with Crippen LogP contribution in [0.15, 0.2) is 76.3 Å². The number of piperidine rings is 1. The molecule has 0 radical (unpaired) electrons. The number of hydrogen-bond donors (Lipinski definition) is 1. The molecule has 0 saturated carbocycles. The first-order chi connectivity index (χ1) is 24.6. The Morgan fingerprint density at radius 2 is 1.73 bits per heavy atom. The molecule has 52 heavy (non-hydrogen) atoms. The Morgan fingerprint density at radius 1 is 1.06 bits per heavy atom. The van der Waals surface area contributed by atoms with E-state index in [1.807, 2.05) is 0 Å². The van der Waals surface area contributed by atoms with Crippen molar-refractivity contribution in [3.8, 4) is 11.3 Å². The van der Waals surface area contributed by atoms with Crippen molar-refractivity contribution in [2.24, 2.45) is 0 Å². The number of hydrogen-bond acceptors (Lipinski definition) is 9. The van der Waals surface area contributed by atoms with Gasteiger partial charge in [0.1, 0.15) is 11.3 Å². The number of nitrogens with zero attached hydrogens (tertiary/aromatic N) is 3. The summed E-state index contributed by atoms with van der Waals surface area (Å²) in [5.74, 6) is -1.26. The molecule has 1 fully saturated rings. The average Bonchev–Trinajstić information content (AvgIpc) is 3.71. The summed E-state index contributed by atoms with van der Waals surface area (Å²) >= 11 is 19.4. The van der Waals surface area contributed by atoms with E-state index in [9.17, 15) is 28.1 Å². The van der Waals surface area contributed by atoms with E-state index in [2.05, 4.69) is 10.1 Å². The number of carbonyl (C=O) groups is 2. The monoisotopic (exact) mass is 784 g/mol. The normalized spacial score (nSPS) is 14.7. The van der Waals surface area contributed by atoms with Gasteiger partial charge in [0.15, 0.2) is 10.7 Å². The van der Waals surface area contributed by atoms with Crippen LogP contribution in [0.25, 0.3) is 28.2 Å². The number of esters is 1. The van der Waals surface area contributed by atoms with Crippen LogP contribution >= 0.6 is 34.8 Å². The van der Waals surface area contributed by atoms with E-state index in [1.54, 1.807) is 51.2 Å². The van der Waals surface area contributed by atoms with Gasteiger partial charge in [0, 0.05) is 58.9 Å². The number of ether oxygens (including phenoxy) is 1. The zero-order valence-corrected chi connectivity index (χ0v) is 31.1. The third-order valence-electron chi connectivity index (χ3n) is 8.49. The number of nitro groups is 1. The molecule has 16 heteroatoms. The van der Waals surface area contributed by atoms with Gasteiger partial charge in [-0.15, -0.1) is 0 Å². The molecule has 0 aliphatic carbocycles. The lowest BCUT2D eigenvalue weighted by atomic mass is 9.88. The second kappa shape index (κ2) is 14.5. The second-order valence-electron chi connectivity index (χ2n) is 13.1. The highest BCUT2D eigenvalue weighted by Crippen LogP contribution is 2.43. The third kappa shape index (κ3) is 7.37. The Hall–Kier alpha value is -4.53. The maximum atomic E-state index is 14.7. The summed E-state index contributed by atoms with van der Waals surface area (Å²) in [6.07, 6.45) is 4.88. The zero-order valence-electron chi connectivity index (χ0n) is 28.0. The van der Waals surface area contributed by atoms with Gasteiger partial charge in [-0.25, -0.2) is 13.2 Å². The van der Waals surface area contributed by atoms with Crippen LogP contribution in [-0.2, 0) is 19.6 Å². The summed E-state index contributed by atoms with van der Waals surface area (Å²) in [5, 5.41) is 17.0. The van der Waals surface area contributed by atoms with E-state index in [-0.39, 0.29) is 69.1 Å². The van der Waals surface area contributed by atoms with E-state index >= 15 is 0 Å². The summed E-state index contributed by atoms with van der Waals surface area (Å²) in [5.41, 5.74) is 0.686. The highest BCUT2D eigenvalue weighted by Gasteiger charge is 2.38. The maximum absolute atomic E-state index is 14.7. The lowest BCUT2D eigenvalue weighted by Gasteiger charge is -2.30. The smallest absolute Gasteiger partial charge is 0.331 e. The highest BCUT2D eigenvalue weighted by atomic mass is 35.5. The molecule has 0 atom stereocenters. The first kappa shape index (κ1) is 37.2. The summed E-state index contributed by atoms with van der Waals surface area (Å²) in [7, 11) is -4.21. The minimum Gasteiger partial charge on any atom is -0.457 e. The minimum absolute atomic E-state index is 0.00834. The van der Waals surface area contributed by atoms with Crippen molar-refractivity contribution in [3.63, 3.8) is 0 Å².